The summed E-state index contributed by atoms with van der Waals surface area (Å²) in [7, 11) is 0. The number of phenols is 1. The second kappa shape index (κ2) is 24.8. The van der Waals surface area contributed by atoms with E-state index in [-0.39, 0.29) is 44.4 Å². The van der Waals surface area contributed by atoms with Crippen molar-refractivity contribution in [2.75, 3.05) is 101 Å². The van der Waals surface area contributed by atoms with E-state index in [0.29, 0.717) is 42.4 Å². The maximum Gasteiger partial charge on any atom is 0.246 e. The minimum atomic E-state index is -0.944. The number of para-hydroxylation sites is 1. The fourth-order valence-corrected chi connectivity index (χ4v) is 11.8. The number of carbonyl (C=O) groups is 3. The average molecular weight is 1060 g/mol. The highest BCUT2D eigenvalue weighted by molar-refractivity contribution is 7.13. The lowest BCUT2D eigenvalue weighted by Crippen LogP contribution is -2.58. The van der Waals surface area contributed by atoms with Crippen molar-refractivity contribution in [1.29, 1.82) is 0 Å². The predicted molar refractivity (Wildman–Crippen MR) is 294 cm³/mol. The number of benzene rings is 2. The van der Waals surface area contributed by atoms with Gasteiger partial charge in [0.15, 0.2) is 5.82 Å². The molecule has 2 aromatic carbocycles. The molecule has 4 saturated heterocycles. The lowest BCUT2D eigenvalue weighted by atomic mass is 9.85. The topological polar surface area (TPSA) is 228 Å². The van der Waals surface area contributed by atoms with Crippen LogP contribution in [0.15, 0.2) is 78.4 Å². The van der Waals surface area contributed by atoms with Crippen LogP contribution in [-0.4, -0.2) is 178 Å². The zero-order valence-electron chi connectivity index (χ0n) is 44.3. The molecule has 20 heteroatoms. The number of piperazine rings is 2. The van der Waals surface area contributed by atoms with Crippen molar-refractivity contribution < 1.29 is 34.1 Å². The number of aryl methyl sites for hydroxylation is 2. The Balaban J connectivity index is 0.639. The number of rotatable bonds is 21. The van der Waals surface area contributed by atoms with Crippen molar-refractivity contribution in [3.05, 3.63) is 95.4 Å². The zero-order chi connectivity index (χ0) is 53.3. The quantitative estimate of drug-likeness (QED) is 0.0638. The van der Waals surface area contributed by atoms with Crippen LogP contribution in [-0.2, 0) is 36.8 Å². The van der Waals surface area contributed by atoms with Gasteiger partial charge in [0.2, 0.25) is 17.7 Å². The van der Waals surface area contributed by atoms with Gasteiger partial charge in [0, 0.05) is 101 Å². The van der Waals surface area contributed by atoms with E-state index in [0.717, 1.165) is 111 Å². The first kappa shape index (κ1) is 54.5. The maximum atomic E-state index is 14.0. The average Bonchev–Trinajstić information content (AvgIpc) is 4.11. The van der Waals surface area contributed by atoms with Gasteiger partial charge in [-0.05, 0) is 86.0 Å². The monoisotopic (exact) mass is 1060 g/mol. The highest BCUT2D eigenvalue weighted by atomic mass is 32.1. The van der Waals surface area contributed by atoms with Crippen LogP contribution in [0.1, 0.15) is 63.4 Å². The summed E-state index contributed by atoms with van der Waals surface area (Å²) < 4.78 is 11.5. The van der Waals surface area contributed by atoms with E-state index in [2.05, 4.69) is 57.5 Å². The first-order chi connectivity index (χ1) is 36.7. The van der Waals surface area contributed by atoms with Gasteiger partial charge in [0.05, 0.1) is 53.4 Å². The first-order valence-corrected chi connectivity index (χ1v) is 27.6. The van der Waals surface area contributed by atoms with Crippen LogP contribution in [0.2, 0.25) is 0 Å². The molecule has 19 nitrogen and oxygen atoms in total. The van der Waals surface area contributed by atoms with Crippen molar-refractivity contribution in [2.24, 2.45) is 5.41 Å². The van der Waals surface area contributed by atoms with E-state index in [1.54, 1.807) is 23.5 Å². The summed E-state index contributed by atoms with van der Waals surface area (Å²) in [5.74, 6) is -0.659. The number of likely N-dealkylation sites (tertiary alicyclic amines) is 1. The number of phenolic OH excluding ortho intramolecular Hbond substituents is 1. The molecule has 5 atom stereocenters. The van der Waals surface area contributed by atoms with Crippen molar-refractivity contribution in [3.63, 3.8) is 0 Å². The molecule has 406 valence electrons. The fraction of sp³-hybridized carbons (Fsp3) is 0.518. The number of hydrogen-bond donors (Lipinski definition) is 5. The number of aliphatic hydroxyl groups excluding tert-OH is 1. The number of amides is 3. The Labute approximate surface area is 449 Å². The van der Waals surface area contributed by atoms with Crippen LogP contribution in [0.25, 0.3) is 21.7 Å². The number of nitrogens with zero attached hydrogens (tertiary/aromatic N) is 9. The minimum Gasteiger partial charge on any atom is -0.507 e. The number of aliphatic hydroxyl groups is 1. The lowest BCUT2D eigenvalue weighted by molar-refractivity contribution is -0.144. The first-order valence-electron chi connectivity index (χ1n) is 26.7. The Hall–Kier alpha value is -6.29. The van der Waals surface area contributed by atoms with Gasteiger partial charge in [-0.3, -0.25) is 24.3 Å². The number of aromatic nitrogens is 4. The molecule has 5 aromatic rings. The molecule has 4 aliphatic rings. The number of β-amino-alcohol motifs (C(OH)–C–C–N with tert-alkyl or cyclic N) is 1. The highest BCUT2D eigenvalue weighted by Gasteiger charge is 2.45. The number of nitrogens with one attached hydrogen (secondary N) is 2. The molecule has 0 aliphatic carbocycles. The third-order valence-corrected chi connectivity index (χ3v) is 16.1. The van der Waals surface area contributed by atoms with Gasteiger partial charge in [-0.1, -0.05) is 57.2 Å². The van der Waals surface area contributed by atoms with E-state index in [9.17, 15) is 24.6 Å². The van der Waals surface area contributed by atoms with Gasteiger partial charge in [-0.15, -0.1) is 21.5 Å². The molecule has 9 rings (SSSR count). The molecule has 7 heterocycles. The van der Waals surface area contributed by atoms with Gasteiger partial charge in [0.1, 0.15) is 24.4 Å². The second-order valence-electron chi connectivity index (χ2n) is 21.6. The van der Waals surface area contributed by atoms with Gasteiger partial charge in [-0.25, -0.2) is 4.98 Å². The number of thiazole rings is 1. The van der Waals surface area contributed by atoms with Crippen LogP contribution in [0.5, 0.6) is 5.75 Å². The summed E-state index contributed by atoms with van der Waals surface area (Å²) in [6.45, 7) is 16.1. The summed E-state index contributed by atoms with van der Waals surface area (Å²) in [6, 6.07) is 20.3. The molecular formula is C56H74N12O7S. The third kappa shape index (κ3) is 13.4. The molecule has 3 amide bonds. The Morgan fingerprint density at radius 1 is 0.882 bits per heavy atom. The number of ether oxygens (including phenoxy) is 2. The smallest absolute Gasteiger partial charge is 0.246 e. The summed E-state index contributed by atoms with van der Waals surface area (Å²) in [4.78, 5) is 62.1. The SMILES string of the molecule is Cc1ncsc1-c1ccc(CNC(=O)[C@@H]2C[C@@H](O)CN2C(=O)[C@@H](NC(=O)COCCOCCN2CCN(CCCc3cc(N4C5CCC4CN(c4cc(-c6ccccc6O)nnc4N)C5)ccn3)CC2)C(C)(C)C)cc1. The molecule has 0 radical (unpaired) electrons. The predicted octanol–water partition coefficient (Wildman–Crippen LogP) is 4.51. The highest BCUT2D eigenvalue weighted by Crippen LogP contribution is 2.39. The van der Waals surface area contributed by atoms with E-state index in [1.807, 2.05) is 81.9 Å². The van der Waals surface area contributed by atoms with Crippen LogP contribution in [0, 0.1) is 12.3 Å². The number of fused-ring (bicyclic) bond motifs is 2. The Morgan fingerprint density at radius 3 is 2.32 bits per heavy atom. The largest absolute Gasteiger partial charge is 0.507 e. The molecule has 76 heavy (non-hydrogen) atoms. The van der Waals surface area contributed by atoms with Gasteiger partial charge in [0.25, 0.3) is 0 Å². The number of pyridine rings is 1. The van der Waals surface area contributed by atoms with Crippen LogP contribution >= 0.6 is 11.3 Å². The van der Waals surface area contributed by atoms with Gasteiger partial charge < -0.3 is 55.7 Å². The number of nitrogen functional groups attached to an aromatic ring is 1. The fourth-order valence-electron chi connectivity index (χ4n) is 11.0. The van der Waals surface area contributed by atoms with Crippen molar-refractivity contribution in [2.45, 2.75) is 96.6 Å². The molecule has 2 bridgehead atoms. The van der Waals surface area contributed by atoms with Crippen molar-refractivity contribution >= 4 is 46.3 Å². The van der Waals surface area contributed by atoms with E-state index >= 15 is 0 Å². The summed E-state index contributed by atoms with van der Waals surface area (Å²) in [6.07, 6.45) is 5.36. The molecule has 3 aromatic heterocycles. The van der Waals surface area contributed by atoms with Crippen LogP contribution in [0.3, 0.4) is 0 Å². The summed E-state index contributed by atoms with van der Waals surface area (Å²) in [5.41, 5.74) is 14.9. The normalized spacial score (nSPS) is 20.5. The van der Waals surface area contributed by atoms with E-state index in [1.165, 1.54) is 10.6 Å². The zero-order valence-corrected chi connectivity index (χ0v) is 45.1. The molecule has 0 saturated carbocycles. The van der Waals surface area contributed by atoms with E-state index in [4.69, 9.17) is 20.2 Å². The maximum absolute atomic E-state index is 14.0. The molecule has 0 spiro atoms. The Morgan fingerprint density at radius 2 is 1.61 bits per heavy atom. The molecular weight excluding hydrogens is 985 g/mol. The minimum absolute atomic E-state index is 0.00153. The number of aromatic hydroxyl groups is 1. The number of nitrogens with two attached hydrogens (primary N) is 1. The number of anilines is 3. The van der Waals surface area contributed by atoms with E-state index < -0.39 is 35.4 Å². The standard InChI is InChI=1S/C56H74N12O7S/c1-37-51(76-36-60-37)39-13-11-38(12-14-39)31-59-54(72)48-29-44(69)34-67(48)55(73)52(56(2,3)4)61-50(71)35-75-27-26-74-25-24-65-22-20-64(21-23-65)19-7-8-40-28-41(17-18-58-40)68-42-15-16-43(68)33-66(32-42)47-30-46(62-63-53(47)57)45-9-5-6-10-49(45)70/h5-6,9-14,17-18,28,30,36,42-44,48,52,69-70H,7-8,15-16,19-27,29,31-35H2,1-4H3,(H2,57,63)(H,59,72)(H,61,71)/t42?,43?,44-,48+,52-/m1/s1. The Kier molecular flexibility index (Phi) is 17.8. The van der Waals surface area contributed by atoms with Gasteiger partial charge in [-0.2, -0.15) is 0 Å². The molecule has 2 unspecified atom stereocenters. The summed E-state index contributed by atoms with van der Waals surface area (Å²) in [5, 5.41) is 35.4. The summed E-state index contributed by atoms with van der Waals surface area (Å²) >= 11 is 1.58. The van der Waals surface area contributed by atoms with Crippen molar-refractivity contribution in [1.82, 2.24) is 45.5 Å². The molecule has 6 N–H and O–H groups in total. The Bertz CT molecular complexity index is 2750. The molecule has 4 fully saturated rings. The second-order valence-corrected chi connectivity index (χ2v) is 22.5. The number of hydrogen-bond acceptors (Lipinski definition) is 17. The van der Waals surface area contributed by atoms with Crippen LogP contribution < -0.4 is 26.2 Å². The molecule has 4 aliphatic heterocycles. The lowest BCUT2D eigenvalue weighted by Gasteiger charge is -2.43. The van der Waals surface area contributed by atoms with Crippen molar-refractivity contribution in [3.8, 4) is 27.4 Å². The van der Waals surface area contributed by atoms with Crippen LogP contribution in [0.4, 0.5) is 17.2 Å². The number of carbonyl (C=O) groups excluding carboxylic acids is 3. The third-order valence-electron chi connectivity index (χ3n) is 15.1. The van der Waals surface area contributed by atoms with Gasteiger partial charge >= 0.3 is 0 Å².